The number of anilines is 1. The van der Waals surface area contributed by atoms with Gasteiger partial charge in [0.25, 0.3) is 0 Å². The standard InChI is InChI=1S/C23H25FN2O2/c1-15-6-7-16-4-2-3-5-19(16)23(15)25-21(27)12-13-26-20-10-9-18(24)14-17(20)8-11-22(26)28/h2-5,9-10,14-15,23H,6-8,11-13H2,1H3,(H,25,27)/t15-,23-/m1/s1. The summed E-state index contributed by atoms with van der Waals surface area (Å²) in [6.07, 6.45) is 3.22. The minimum atomic E-state index is -0.296. The van der Waals surface area contributed by atoms with Crippen LogP contribution in [0.3, 0.4) is 0 Å². The van der Waals surface area contributed by atoms with E-state index in [-0.39, 0.29) is 30.1 Å². The average molecular weight is 380 g/mol. The van der Waals surface area contributed by atoms with Crippen molar-refractivity contribution in [1.82, 2.24) is 5.32 Å². The first kappa shape index (κ1) is 18.7. The number of aryl methyl sites for hydroxylation is 2. The van der Waals surface area contributed by atoms with E-state index in [2.05, 4.69) is 24.4 Å². The van der Waals surface area contributed by atoms with Crippen molar-refractivity contribution in [3.8, 4) is 0 Å². The van der Waals surface area contributed by atoms with E-state index in [1.165, 1.54) is 23.3 Å². The maximum absolute atomic E-state index is 13.5. The summed E-state index contributed by atoms with van der Waals surface area (Å²) in [5.74, 6) is 0.00814. The fraction of sp³-hybridized carbons (Fsp3) is 0.391. The number of hydrogen-bond acceptors (Lipinski definition) is 2. The van der Waals surface area contributed by atoms with E-state index in [1.807, 2.05) is 12.1 Å². The molecule has 1 heterocycles. The summed E-state index contributed by atoms with van der Waals surface area (Å²) >= 11 is 0. The number of halogens is 1. The topological polar surface area (TPSA) is 49.4 Å². The van der Waals surface area contributed by atoms with Gasteiger partial charge in [0.05, 0.1) is 6.04 Å². The molecule has 2 aromatic rings. The smallest absolute Gasteiger partial charge is 0.227 e. The number of carbonyl (C=O) groups is 2. The summed E-state index contributed by atoms with van der Waals surface area (Å²) in [5.41, 5.74) is 4.05. The van der Waals surface area contributed by atoms with Gasteiger partial charge in [-0.05, 0) is 60.1 Å². The monoisotopic (exact) mass is 380 g/mol. The minimum Gasteiger partial charge on any atom is -0.349 e. The number of fused-ring (bicyclic) bond motifs is 2. The van der Waals surface area contributed by atoms with Crippen LogP contribution in [0.15, 0.2) is 42.5 Å². The van der Waals surface area contributed by atoms with Gasteiger partial charge < -0.3 is 10.2 Å². The fourth-order valence-corrected chi connectivity index (χ4v) is 4.37. The molecule has 146 valence electrons. The van der Waals surface area contributed by atoms with E-state index >= 15 is 0 Å². The fourth-order valence-electron chi connectivity index (χ4n) is 4.37. The van der Waals surface area contributed by atoms with Crippen molar-refractivity contribution in [3.05, 3.63) is 65.0 Å². The molecule has 2 aliphatic rings. The Labute approximate surface area is 164 Å². The normalized spacial score (nSPS) is 21.1. The van der Waals surface area contributed by atoms with Gasteiger partial charge in [-0.1, -0.05) is 31.2 Å². The molecule has 0 bridgehead atoms. The Bertz CT molecular complexity index is 911. The van der Waals surface area contributed by atoms with Crippen molar-refractivity contribution >= 4 is 17.5 Å². The number of rotatable bonds is 4. The summed E-state index contributed by atoms with van der Waals surface area (Å²) in [5, 5.41) is 3.18. The summed E-state index contributed by atoms with van der Waals surface area (Å²) < 4.78 is 13.5. The highest BCUT2D eigenvalue weighted by Crippen LogP contribution is 2.34. The molecule has 1 aliphatic carbocycles. The van der Waals surface area contributed by atoms with Crippen LogP contribution in [0.1, 0.15) is 48.9 Å². The van der Waals surface area contributed by atoms with Crippen molar-refractivity contribution in [1.29, 1.82) is 0 Å². The van der Waals surface area contributed by atoms with Crippen LogP contribution in [-0.4, -0.2) is 18.4 Å². The second kappa shape index (κ2) is 7.74. The van der Waals surface area contributed by atoms with E-state index < -0.39 is 0 Å². The predicted octanol–water partition coefficient (Wildman–Crippen LogP) is 3.93. The number of benzene rings is 2. The van der Waals surface area contributed by atoms with Crippen molar-refractivity contribution < 1.29 is 14.0 Å². The highest BCUT2D eigenvalue weighted by atomic mass is 19.1. The third kappa shape index (κ3) is 3.66. The Morgan fingerprint density at radius 2 is 1.96 bits per heavy atom. The molecule has 0 saturated heterocycles. The second-order valence-electron chi connectivity index (χ2n) is 7.83. The van der Waals surface area contributed by atoms with Crippen LogP contribution in [-0.2, 0) is 22.4 Å². The first-order valence-corrected chi connectivity index (χ1v) is 9.99. The van der Waals surface area contributed by atoms with E-state index in [9.17, 15) is 14.0 Å². The molecule has 0 aromatic heterocycles. The zero-order chi connectivity index (χ0) is 19.7. The van der Waals surface area contributed by atoms with Crippen LogP contribution in [0.2, 0.25) is 0 Å². The molecule has 4 nitrogen and oxygen atoms in total. The third-order valence-corrected chi connectivity index (χ3v) is 5.95. The molecule has 0 spiro atoms. The quantitative estimate of drug-likeness (QED) is 0.874. The molecule has 4 rings (SSSR count). The van der Waals surface area contributed by atoms with E-state index in [0.29, 0.717) is 25.3 Å². The number of carbonyl (C=O) groups excluding carboxylic acids is 2. The van der Waals surface area contributed by atoms with Crippen LogP contribution >= 0.6 is 0 Å². The van der Waals surface area contributed by atoms with Crippen LogP contribution in [0, 0.1) is 11.7 Å². The Morgan fingerprint density at radius 3 is 2.82 bits per heavy atom. The van der Waals surface area contributed by atoms with Crippen LogP contribution in [0.5, 0.6) is 0 Å². The van der Waals surface area contributed by atoms with Gasteiger partial charge in [-0.15, -0.1) is 0 Å². The molecule has 2 aromatic carbocycles. The van der Waals surface area contributed by atoms with Crippen LogP contribution < -0.4 is 10.2 Å². The zero-order valence-corrected chi connectivity index (χ0v) is 16.1. The minimum absolute atomic E-state index is 0.0101. The van der Waals surface area contributed by atoms with Crippen LogP contribution in [0.4, 0.5) is 10.1 Å². The van der Waals surface area contributed by atoms with Gasteiger partial charge in [0.1, 0.15) is 5.82 Å². The highest BCUT2D eigenvalue weighted by Gasteiger charge is 2.29. The van der Waals surface area contributed by atoms with E-state index in [4.69, 9.17) is 0 Å². The van der Waals surface area contributed by atoms with Crippen molar-refractivity contribution in [2.75, 3.05) is 11.4 Å². The number of nitrogens with zero attached hydrogens (tertiary/aromatic N) is 1. The lowest BCUT2D eigenvalue weighted by Gasteiger charge is -2.33. The van der Waals surface area contributed by atoms with Gasteiger partial charge in [-0.3, -0.25) is 9.59 Å². The molecule has 0 saturated carbocycles. The molecule has 5 heteroatoms. The molecular weight excluding hydrogens is 355 g/mol. The molecular formula is C23H25FN2O2. The highest BCUT2D eigenvalue weighted by molar-refractivity contribution is 5.97. The summed E-state index contributed by atoms with van der Waals surface area (Å²) in [7, 11) is 0. The number of hydrogen-bond donors (Lipinski definition) is 1. The third-order valence-electron chi connectivity index (χ3n) is 5.95. The van der Waals surface area contributed by atoms with Crippen molar-refractivity contribution in [2.24, 2.45) is 5.92 Å². The number of amides is 2. The molecule has 1 aliphatic heterocycles. The first-order chi connectivity index (χ1) is 13.5. The molecule has 0 unspecified atom stereocenters. The van der Waals surface area contributed by atoms with Crippen LogP contribution in [0.25, 0.3) is 0 Å². The van der Waals surface area contributed by atoms with Crippen molar-refractivity contribution in [3.63, 3.8) is 0 Å². The van der Waals surface area contributed by atoms with Crippen molar-refractivity contribution in [2.45, 2.75) is 45.1 Å². The molecule has 2 atom stereocenters. The summed E-state index contributed by atoms with van der Waals surface area (Å²) in [6.45, 7) is 2.48. The molecule has 2 amide bonds. The molecule has 1 N–H and O–H groups in total. The zero-order valence-electron chi connectivity index (χ0n) is 16.1. The Kier molecular flexibility index (Phi) is 5.16. The Balaban J connectivity index is 1.44. The van der Waals surface area contributed by atoms with Gasteiger partial charge in [0.2, 0.25) is 11.8 Å². The number of nitrogens with one attached hydrogen (secondary N) is 1. The molecule has 0 fully saturated rings. The van der Waals surface area contributed by atoms with Gasteiger partial charge in [0.15, 0.2) is 0 Å². The SMILES string of the molecule is C[C@@H]1CCc2ccccc2[C@@H]1NC(=O)CCN1C(=O)CCc2cc(F)ccc21. The predicted molar refractivity (Wildman–Crippen MR) is 107 cm³/mol. The Morgan fingerprint density at radius 1 is 1.14 bits per heavy atom. The maximum Gasteiger partial charge on any atom is 0.227 e. The summed E-state index contributed by atoms with van der Waals surface area (Å²) in [4.78, 5) is 26.7. The lowest BCUT2D eigenvalue weighted by Crippen LogP contribution is -2.40. The maximum atomic E-state index is 13.5. The largest absolute Gasteiger partial charge is 0.349 e. The van der Waals surface area contributed by atoms with Gasteiger partial charge in [-0.25, -0.2) is 4.39 Å². The van der Waals surface area contributed by atoms with E-state index in [0.717, 1.165) is 24.1 Å². The lowest BCUT2D eigenvalue weighted by atomic mass is 9.80. The molecule has 0 radical (unpaired) electrons. The average Bonchev–Trinajstić information content (AvgIpc) is 2.69. The van der Waals surface area contributed by atoms with Gasteiger partial charge >= 0.3 is 0 Å². The summed E-state index contributed by atoms with van der Waals surface area (Å²) in [6, 6.07) is 12.8. The Hall–Kier alpha value is -2.69. The lowest BCUT2D eigenvalue weighted by molar-refractivity contribution is -0.122. The van der Waals surface area contributed by atoms with E-state index in [1.54, 1.807) is 11.0 Å². The first-order valence-electron chi connectivity index (χ1n) is 9.99. The molecule has 28 heavy (non-hydrogen) atoms. The van der Waals surface area contributed by atoms with Gasteiger partial charge in [-0.2, -0.15) is 0 Å². The van der Waals surface area contributed by atoms with Gasteiger partial charge in [0, 0.05) is 25.1 Å². The second-order valence-corrected chi connectivity index (χ2v) is 7.83.